The van der Waals surface area contributed by atoms with Gasteiger partial charge in [0.05, 0.1) is 6.61 Å². The summed E-state index contributed by atoms with van der Waals surface area (Å²) < 4.78 is 15.6. The zero-order valence-corrected chi connectivity index (χ0v) is 8.60. The molecule has 0 amide bonds. The van der Waals surface area contributed by atoms with Gasteiger partial charge in [-0.25, -0.2) is 0 Å². The van der Waals surface area contributed by atoms with Crippen molar-refractivity contribution in [2.24, 2.45) is 0 Å². The van der Waals surface area contributed by atoms with Crippen molar-refractivity contribution in [3.63, 3.8) is 0 Å². The number of hydrogen-bond acceptors (Lipinski definition) is 3. The van der Waals surface area contributed by atoms with Gasteiger partial charge in [-0.3, -0.25) is 0 Å². The number of methoxy groups -OCH3 is 2. The second-order valence-corrected chi connectivity index (χ2v) is 2.85. The van der Waals surface area contributed by atoms with Crippen LogP contribution in [0.5, 0.6) is 5.75 Å². The molecule has 0 bridgehead atoms. The molecule has 0 fully saturated rings. The molecule has 0 aliphatic heterocycles. The molecule has 0 atom stereocenters. The van der Waals surface area contributed by atoms with Gasteiger partial charge in [0, 0.05) is 20.6 Å². The standard InChI is InChI=1S/C11H16O3/c1-12-11(13-2)8-9-14-10-6-4-3-5-7-10/h3-7,11H,8-9H2,1-2H3. The molecule has 1 aromatic carbocycles. The first-order valence-electron chi connectivity index (χ1n) is 4.60. The van der Waals surface area contributed by atoms with Gasteiger partial charge in [0.25, 0.3) is 0 Å². The Labute approximate surface area is 84.6 Å². The molecule has 0 aliphatic carbocycles. The Morgan fingerprint density at radius 1 is 1.07 bits per heavy atom. The Balaban J connectivity index is 2.21. The fourth-order valence-corrected chi connectivity index (χ4v) is 1.12. The molecule has 3 nitrogen and oxygen atoms in total. The molecule has 3 heteroatoms. The summed E-state index contributed by atoms with van der Waals surface area (Å²) in [6, 6.07) is 9.70. The molecule has 0 unspecified atom stereocenters. The van der Waals surface area contributed by atoms with E-state index >= 15 is 0 Å². The van der Waals surface area contributed by atoms with E-state index in [-0.39, 0.29) is 6.29 Å². The fourth-order valence-electron chi connectivity index (χ4n) is 1.12. The molecule has 0 aromatic heterocycles. The van der Waals surface area contributed by atoms with Crippen LogP contribution in [0, 0.1) is 0 Å². The third-order valence-corrected chi connectivity index (χ3v) is 1.89. The fraction of sp³-hybridized carbons (Fsp3) is 0.455. The molecular formula is C11H16O3. The molecule has 14 heavy (non-hydrogen) atoms. The minimum absolute atomic E-state index is 0.182. The highest BCUT2D eigenvalue weighted by Gasteiger charge is 2.04. The van der Waals surface area contributed by atoms with Gasteiger partial charge in [-0.1, -0.05) is 18.2 Å². The summed E-state index contributed by atoms with van der Waals surface area (Å²) in [5.41, 5.74) is 0. The number of hydrogen-bond donors (Lipinski definition) is 0. The van der Waals surface area contributed by atoms with E-state index in [1.54, 1.807) is 14.2 Å². The van der Waals surface area contributed by atoms with Crippen molar-refractivity contribution in [1.29, 1.82) is 0 Å². The summed E-state index contributed by atoms with van der Waals surface area (Å²) in [7, 11) is 3.24. The third kappa shape index (κ3) is 3.77. The summed E-state index contributed by atoms with van der Waals surface area (Å²) in [5, 5.41) is 0. The smallest absolute Gasteiger partial charge is 0.160 e. The highest BCUT2D eigenvalue weighted by Crippen LogP contribution is 2.09. The van der Waals surface area contributed by atoms with Gasteiger partial charge in [-0.2, -0.15) is 0 Å². The molecule has 0 spiro atoms. The van der Waals surface area contributed by atoms with Crippen LogP contribution < -0.4 is 4.74 Å². The van der Waals surface area contributed by atoms with E-state index in [9.17, 15) is 0 Å². The Kier molecular flexibility index (Phi) is 5.04. The van der Waals surface area contributed by atoms with E-state index in [0.29, 0.717) is 6.61 Å². The Hall–Kier alpha value is -1.06. The summed E-state index contributed by atoms with van der Waals surface area (Å²) in [6.45, 7) is 0.594. The summed E-state index contributed by atoms with van der Waals surface area (Å²) in [4.78, 5) is 0. The Bertz CT molecular complexity index is 232. The van der Waals surface area contributed by atoms with Gasteiger partial charge < -0.3 is 14.2 Å². The van der Waals surface area contributed by atoms with Crippen molar-refractivity contribution >= 4 is 0 Å². The van der Waals surface area contributed by atoms with E-state index in [1.807, 2.05) is 30.3 Å². The lowest BCUT2D eigenvalue weighted by Crippen LogP contribution is -2.16. The first-order chi connectivity index (χ1) is 6.86. The van der Waals surface area contributed by atoms with Gasteiger partial charge in [-0.15, -0.1) is 0 Å². The average Bonchev–Trinajstić information content (AvgIpc) is 2.26. The SMILES string of the molecule is COC(CCOc1ccccc1)OC. The van der Waals surface area contributed by atoms with Crippen molar-refractivity contribution in [3.05, 3.63) is 30.3 Å². The maximum absolute atomic E-state index is 5.48. The molecule has 0 N–H and O–H groups in total. The van der Waals surface area contributed by atoms with Crippen molar-refractivity contribution in [2.45, 2.75) is 12.7 Å². The van der Waals surface area contributed by atoms with E-state index in [2.05, 4.69) is 0 Å². The van der Waals surface area contributed by atoms with Crippen LogP contribution in [0.1, 0.15) is 6.42 Å². The van der Waals surface area contributed by atoms with E-state index in [1.165, 1.54) is 0 Å². The number of rotatable bonds is 6. The lowest BCUT2D eigenvalue weighted by atomic mass is 10.3. The lowest BCUT2D eigenvalue weighted by Gasteiger charge is -2.13. The minimum atomic E-state index is -0.182. The maximum Gasteiger partial charge on any atom is 0.160 e. The van der Waals surface area contributed by atoms with E-state index < -0.39 is 0 Å². The largest absolute Gasteiger partial charge is 0.493 e. The van der Waals surface area contributed by atoms with E-state index in [0.717, 1.165) is 12.2 Å². The molecule has 0 aliphatic rings. The highest BCUT2D eigenvalue weighted by molar-refractivity contribution is 5.20. The minimum Gasteiger partial charge on any atom is -0.493 e. The van der Waals surface area contributed by atoms with Gasteiger partial charge in [0.15, 0.2) is 6.29 Å². The summed E-state index contributed by atoms with van der Waals surface area (Å²) >= 11 is 0. The van der Waals surface area contributed by atoms with Crippen molar-refractivity contribution < 1.29 is 14.2 Å². The molecule has 1 rings (SSSR count). The molecular weight excluding hydrogens is 180 g/mol. The summed E-state index contributed by atoms with van der Waals surface area (Å²) in [5.74, 6) is 0.874. The predicted molar refractivity (Wildman–Crippen MR) is 54.4 cm³/mol. The second-order valence-electron chi connectivity index (χ2n) is 2.85. The maximum atomic E-state index is 5.48. The summed E-state index contributed by atoms with van der Waals surface area (Å²) in [6.07, 6.45) is 0.542. The zero-order valence-electron chi connectivity index (χ0n) is 8.60. The van der Waals surface area contributed by atoms with Crippen LogP contribution >= 0.6 is 0 Å². The zero-order chi connectivity index (χ0) is 10.2. The average molecular weight is 196 g/mol. The van der Waals surface area contributed by atoms with Crippen LogP contribution in [-0.4, -0.2) is 27.1 Å². The second kappa shape index (κ2) is 6.40. The van der Waals surface area contributed by atoms with Crippen molar-refractivity contribution in [2.75, 3.05) is 20.8 Å². The van der Waals surface area contributed by atoms with Gasteiger partial charge >= 0.3 is 0 Å². The third-order valence-electron chi connectivity index (χ3n) is 1.89. The topological polar surface area (TPSA) is 27.7 Å². The van der Waals surface area contributed by atoms with Crippen molar-refractivity contribution in [3.8, 4) is 5.75 Å². The normalized spacial score (nSPS) is 10.5. The van der Waals surface area contributed by atoms with Gasteiger partial charge in [0.2, 0.25) is 0 Å². The van der Waals surface area contributed by atoms with Gasteiger partial charge in [-0.05, 0) is 12.1 Å². The Morgan fingerprint density at radius 2 is 1.71 bits per heavy atom. The molecule has 78 valence electrons. The number of ether oxygens (including phenoxy) is 3. The van der Waals surface area contributed by atoms with Crippen LogP contribution in [-0.2, 0) is 9.47 Å². The number of para-hydroxylation sites is 1. The first kappa shape index (κ1) is 11.0. The van der Waals surface area contributed by atoms with Gasteiger partial charge in [0.1, 0.15) is 5.75 Å². The van der Waals surface area contributed by atoms with Crippen LogP contribution in [0.2, 0.25) is 0 Å². The van der Waals surface area contributed by atoms with Crippen molar-refractivity contribution in [1.82, 2.24) is 0 Å². The van der Waals surface area contributed by atoms with Crippen LogP contribution in [0.4, 0.5) is 0 Å². The number of benzene rings is 1. The van der Waals surface area contributed by atoms with E-state index in [4.69, 9.17) is 14.2 Å². The highest BCUT2D eigenvalue weighted by atomic mass is 16.7. The first-order valence-corrected chi connectivity index (χ1v) is 4.60. The lowest BCUT2D eigenvalue weighted by molar-refractivity contribution is -0.110. The molecule has 1 aromatic rings. The molecule has 0 heterocycles. The van der Waals surface area contributed by atoms with Crippen LogP contribution in [0.3, 0.4) is 0 Å². The monoisotopic (exact) mass is 196 g/mol. The van der Waals surface area contributed by atoms with Crippen LogP contribution in [0.15, 0.2) is 30.3 Å². The predicted octanol–water partition coefficient (Wildman–Crippen LogP) is 2.07. The Morgan fingerprint density at radius 3 is 2.29 bits per heavy atom. The van der Waals surface area contributed by atoms with Crippen LogP contribution in [0.25, 0.3) is 0 Å². The quantitative estimate of drug-likeness (QED) is 0.652. The molecule has 0 saturated heterocycles. The molecule has 0 saturated carbocycles. The molecule has 0 radical (unpaired) electrons.